The fourth-order valence-electron chi connectivity index (χ4n) is 1.58. The number of nitrogens with one attached hydrogen (secondary N) is 2. The largest absolute Gasteiger partial charge is 0.469 e. The maximum atomic E-state index is 11.2. The Morgan fingerprint density at radius 1 is 1.57 bits per heavy atom. The predicted molar refractivity (Wildman–Crippen MR) is 46.5 cm³/mol. The van der Waals surface area contributed by atoms with Gasteiger partial charge in [-0.2, -0.15) is 0 Å². The molecule has 0 bridgehead atoms. The fraction of sp³-hybridized carbons (Fsp3) is 0.750. The second-order valence-corrected chi connectivity index (χ2v) is 3.23. The third-order valence-corrected chi connectivity index (χ3v) is 2.36. The lowest BCUT2D eigenvalue weighted by Crippen LogP contribution is -2.49. The number of amides is 1. The van der Waals surface area contributed by atoms with Crippen LogP contribution in [0.1, 0.15) is 12.8 Å². The second kappa shape index (κ2) is 4.92. The lowest BCUT2D eigenvalue weighted by atomic mass is 9.92. The molecule has 0 spiro atoms. The molecule has 1 heterocycles. The summed E-state index contributed by atoms with van der Waals surface area (Å²) in [5.74, 6) is -1.08. The fourth-order valence-corrected chi connectivity index (χ4v) is 1.58. The summed E-state index contributed by atoms with van der Waals surface area (Å²) < 4.78 is 4.59. The Labute approximate surface area is 81.6 Å². The van der Waals surface area contributed by atoms with Gasteiger partial charge in [0.1, 0.15) is 0 Å². The summed E-state index contributed by atoms with van der Waals surface area (Å²) in [5.41, 5.74) is 1.56. The number of hydrogen-bond donors (Lipinski definition) is 3. The minimum absolute atomic E-state index is 0.261. The molecule has 0 aliphatic carbocycles. The van der Waals surface area contributed by atoms with E-state index in [1.165, 1.54) is 7.11 Å². The second-order valence-electron chi connectivity index (χ2n) is 3.23. The molecule has 0 aromatic rings. The van der Waals surface area contributed by atoms with E-state index in [1.54, 1.807) is 5.48 Å². The van der Waals surface area contributed by atoms with E-state index in [2.05, 4.69) is 10.1 Å². The molecule has 2 atom stereocenters. The van der Waals surface area contributed by atoms with Gasteiger partial charge in [-0.3, -0.25) is 14.8 Å². The predicted octanol–water partition coefficient (Wildman–Crippen LogP) is -0.967. The highest BCUT2D eigenvalue weighted by atomic mass is 16.5. The third kappa shape index (κ3) is 2.43. The molecular weight excluding hydrogens is 188 g/mol. The van der Waals surface area contributed by atoms with Crippen LogP contribution in [0.25, 0.3) is 0 Å². The Bertz CT molecular complexity index is 209. The van der Waals surface area contributed by atoms with Crippen LogP contribution in [-0.4, -0.2) is 36.8 Å². The summed E-state index contributed by atoms with van der Waals surface area (Å²) >= 11 is 0. The van der Waals surface area contributed by atoms with E-state index >= 15 is 0 Å². The topological polar surface area (TPSA) is 87.7 Å². The van der Waals surface area contributed by atoms with Gasteiger partial charge < -0.3 is 10.1 Å². The van der Waals surface area contributed by atoms with Crippen LogP contribution in [0.2, 0.25) is 0 Å². The summed E-state index contributed by atoms with van der Waals surface area (Å²) in [6.45, 7) is 0.567. The lowest BCUT2D eigenvalue weighted by Gasteiger charge is -2.26. The monoisotopic (exact) mass is 202 g/mol. The van der Waals surface area contributed by atoms with Gasteiger partial charge in [0.15, 0.2) is 0 Å². The highest BCUT2D eigenvalue weighted by Crippen LogP contribution is 2.17. The van der Waals surface area contributed by atoms with E-state index in [1.807, 2.05) is 0 Å². The molecule has 6 heteroatoms. The van der Waals surface area contributed by atoms with Crippen LogP contribution in [-0.2, 0) is 14.3 Å². The molecule has 1 amide bonds. The number of carbonyl (C=O) groups is 2. The summed E-state index contributed by atoms with van der Waals surface area (Å²) in [6.07, 6.45) is 1.01. The van der Waals surface area contributed by atoms with Crippen molar-refractivity contribution in [1.82, 2.24) is 10.8 Å². The Balaban J connectivity index is 2.51. The Morgan fingerprint density at radius 3 is 2.86 bits per heavy atom. The van der Waals surface area contributed by atoms with Gasteiger partial charge in [-0.25, -0.2) is 5.48 Å². The molecule has 1 aliphatic heterocycles. The van der Waals surface area contributed by atoms with Crippen LogP contribution in [0.4, 0.5) is 0 Å². The van der Waals surface area contributed by atoms with Crippen molar-refractivity contribution in [2.75, 3.05) is 13.7 Å². The van der Waals surface area contributed by atoms with Crippen molar-refractivity contribution in [1.29, 1.82) is 0 Å². The summed E-state index contributed by atoms with van der Waals surface area (Å²) in [7, 11) is 1.32. The number of piperidine rings is 1. The number of esters is 1. The van der Waals surface area contributed by atoms with Gasteiger partial charge in [0, 0.05) is 0 Å². The van der Waals surface area contributed by atoms with Crippen LogP contribution in [0.5, 0.6) is 0 Å². The zero-order valence-corrected chi connectivity index (χ0v) is 7.95. The van der Waals surface area contributed by atoms with E-state index in [4.69, 9.17) is 5.21 Å². The first kappa shape index (κ1) is 10.9. The molecule has 0 aromatic carbocycles. The van der Waals surface area contributed by atoms with Crippen LogP contribution >= 0.6 is 0 Å². The number of ether oxygens (including phenoxy) is 1. The van der Waals surface area contributed by atoms with Crippen molar-refractivity contribution in [2.45, 2.75) is 18.9 Å². The number of carbonyl (C=O) groups excluding carboxylic acids is 2. The highest BCUT2D eigenvalue weighted by Gasteiger charge is 2.31. The van der Waals surface area contributed by atoms with Crippen molar-refractivity contribution in [3.8, 4) is 0 Å². The molecule has 6 nitrogen and oxygen atoms in total. The minimum atomic E-state index is -0.516. The van der Waals surface area contributed by atoms with Crippen molar-refractivity contribution >= 4 is 11.9 Å². The molecule has 2 unspecified atom stereocenters. The molecule has 80 valence electrons. The molecule has 1 saturated heterocycles. The van der Waals surface area contributed by atoms with Gasteiger partial charge in [-0.05, 0) is 19.4 Å². The maximum absolute atomic E-state index is 11.2. The molecule has 14 heavy (non-hydrogen) atoms. The van der Waals surface area contributed by atoms with Gasteiger partial charge in [-0.1, -0.05) is 0 Å². The van der Waals surface area contributed by atoms with Crippen molar-refractivity contribution < 1.29 is 19.5 Å². The maximum Gasteiger partial charge on any atom is 0.308 e. The average Bonchev–Trinajstić information content (AvgIpc) is 2.27. The van der Waals surface area contributed by atoms with Gasteiger partial charge in [0.25, 0.3) is 5.91 Å². The number of hydroxylamine groups is 1. The quantitative estimate of drug-likeness (QED) is 0.305. The Kier molecular flexibility index (Phi) is 3.84. The van der Waals surface area contributed by atoms with Gasteiger partial charge in [-0.15, -0.1) is 0 Å². The summed E-state index contributed by atoms with van der Waals surface area (Å²) in [4.78, 5) is 22.2. The first-order chi connectivity index (χ1) is 6.69. The molecule has 3 N–H and O–H groups in total. The number of methoxy groups -OCH3 is 1. The summed E-state index contributed by atoms with van der Waals surface area (Å²) in [6, 6.07) is -0.516. The van der Waals surface area contributed by atoms with Crippen LogP contribution in [0, 0.1) is 5.92 Å². The molecule has 1 rings (SSSR count). The normalized spacial score (nSPS) is 26.7. The SMILES string of the molecule is COC(=O)C1CCNC(C(=O)NO)C1. The molecule has 1 fully saturated rings. The van der Waals surface area contributed by atoms with E-state index < -0.39 is 11.9 Å². The minimum Gasteiger partial charge on any atom is -0.469 e. The molecule has 1 aliphatic rings. The van der Waals surface area contributed by atoms with Crippen LogP contribution < -0.4 is 10.8 Å². The average molecular weight is 202 g/mol. The molecule has 0 aromatic heterocycles. The molecular formula is C8H14N2O4. The van der Waals surface area contributed by atoms with Crippen molar-refractivity contribution in [3.05, 3.63) is 0 Å². The smallest absolute Gasteiger partial charge is 0.308 e. The van der Waals surface area contributed by atoms with Crippen molar-refractivity contribution in [2.24, 2.45) is 5.92 Å². The van der Waals surface area contributed by atoms with E-state index in [0.717, 1.165) is 0 Å². The van der Waals surface area contributed by atoms with E-state index in [9.17, 15) is 9.59 Å². The summed E-state index contributed by atoms with van der Waals surface area (Å²) in [5, 5.41) is 11.3. The Hall–Kier alpha value is -1.14. The van der Waals surface area contributed by atoms with Crippen LogP contribution in [0.3, 0.4) is 0 Å². The van der Waals surface area contributed by atoms with Gasteiger partial charge in [0.05, 0.1) is 19.1 Å². The van der Waals surface area contributed by atoms with Gasteiger partial charge in [0.2, 0.25) is 0 Å². The third-order valence-electron chi connectivity index (χ3n) is 2.36. The van der Waals surface area contributed by atoms with Crippen molar-refractivity contribution in [3.63, 3.8) is 0 Å². The zero-order chi connectivity index (χ0) is 10.6. The zero-order valence-electron chi connectivity index (χ0n) is 7.95. The first-order valence-corrected chi connectivity index (χ1v) is 4.44. The van der Waals surface area contributed by atoms with Gasteiger partial charge >= 0.3 is 5.97 Å². The lowest BCUT2D eigenvalue weighted by molar-refractivity contribution is -0.147. The number of hydrogen-bond acceptors (Lipinski definition) is 5. The van der Waals surface area contributed by atoms with Crippen LogP contribution in [0.15, 0.2) is 0 Å². The Morgan fingerprint density at radius 2 is 2.29 bits per heavy atom. The standard InChI is InChI=1S/C8H14N2O4/c1-14-8(12)5-2-3-9-6(4-5)7(11)10-13/h5-6,9,13H,2-4H2,1H3,(H,10,11). The number of rotatable bonds is 2. The first-order valence-electron chi connectivity index (χ1n) is 4.44. The molecule has 0 radical (unpaired) electrons. The highest BCUT2D eigenvalue weighted by molar-refractivity contribution is 5.82. The molecule has 0 saturated carbocycles. The van der Waals surface area contributed by atoms with E-state index in [-0.39, 0.29) is 11.9 Å². The van der Waals surface area contributed by atoms with E-state index in [0.29, 0.717) is 19.4 Å².